The van der Waals surface area contributed by atoms with E-state index in [1.165, 1.54) is 0 Å². The minimum Gasteiger partial charge on any atom is -0.335 e. The largest absolute Gasteiger partial charge is 0.335 e. The number of H-pyrrole nitrogens is 2. The second-order valence-electron chi connectivity index (χ2n) is 8.68. The van der Waals surface area contributed by atoms with Gasteiger partial charge in [0.1, 0.15) is 5.69 Å². The van der Waals surface area contributed by atoms with Crippen molar-refractivity contribution in [3.8, 4) is 33.1 Å². The lowest BCUT2D eigenvalue weighted by molar-refractivity contribution is -0.117. The molecule has 0 saturated heterocycles. The van der Waals surface area contributed by atoms with E-state index >= 15 is 0 Å². The van der Waals surface area contributed by atoms with Crippen molar-refractivity contribution < 1.29 is 4.79 Å². The van der Waals surface area contributed by atoms with Gasteiger partial charge in [-0.1, -0.05) is 12.1 Å². The Hall–Kier alpha value is -4.37. The standard InChI is InChI=1S/C26H19N7OS/c34-26(14-3-4-14)29-17-10-16(12-27-13-17)15-5-6-20-19(11-15)23(33-32-20)25-30-22-18(21-2-1-9-35-21)7-8-28-24(22)31-25/h1-2,5-14H,3-4H2,(H,29,34)(H,32,33)(H,28,30,31). The molecule has 1 amide bonds. The number of imidazole rings is 1. The van der Waals surface area contributed by atoms with Gasteiger partial charge >= 0.3 is 0 Å². The van der Waals surface area contributed by atoms with Crippen molar-refractivity contribution in [2.45, 2.75) is 12.8 Å². The number of nitrogens with one attached hydrogen (secondary N) is 3. The number of pyridine rings is 2. The molecule has 5 heterocycles. The predicted molar refractivity (Wildman–Crippen MR) is 137 cm³/mol. The van der Waals surface area contributed by atoms with Crippen molar-refractivity contribution >= 4 is 45.0 Å². The highest BCUT2D eigenvalue weighted by Crippen LogP contribution is 2.34. The van der Waals surface area contributed by atoms with E-state index in [2.05, 4.69) is 48.0 Å². The number of rotatable bonds is 5. The zero-order valence-electron chi connectivity index (χ0n) is 18.4. The average molecular weight is 478 g/mol. The Morgan fingerprint density at radius 3 is 2.89 bits per heavy atom. The Balaban J connectivity index is 1.29. The molecule has 7 rings (SSSR count). The molecule has 170 valence electrons. The summed E-state index contributed by atoms with van der Waals surface area (Å²) in [5.41, 5.74) is 6.84. The van der Waals surface area contributed by atoms with Gasteiger partial charge in [0.05, 0.1) is 22.9 Å². The number of hydrogen-bond acceptors (Lipinski definition) is 6. The summed E-state index contributed by atoms with van der Waals surface area (Å²) in [5, 5.41) is 13.6. The number of anilines is 1. The molecule has 0 bridgehead atoms. The number of amides is 1. The van der Waals surface area contributed by atoms with Gasteiger partial charge in [-0.25, -0.2) is 9.97 Å². The molecule has 1 aromatic carbocycles. The molecule has 0 radical (unpaired) electrons. The van der Waals surface area contributed by atoms with Crippen molar-refractivity contribution in [3.05, 3.63) is 66.4 Å². The molecule has 0 unspecified atom stereocenters. The molecule has 1 aliphatic carbocycles. The number of nitrogens with zero attached hydrogens (tertiary/aromatic N) is 4. The van der Waals surface area contributed by atoms with E-state index in [0.717, 1.165) is 56.5 Å². The van der Waals surface area contributed by atoms with E-state index in [-0.39, 0.29) is 11.8 Å². The molecule has 35 heavy (non-hydrogen) atoms. The van der Waals surface area contributed by atoms with Crippen molar-refractivity contribution in [2.24, 2.45) is 5.92 Å². The Bertz CT molecular complexity index is 1710. The maximum absolute atomic E-state index is 12.2. The Labute approximate surface area is 203 Å². The molecule has 0 atom stereocenters. The lowest BCUT2D eigenvalue weighted by atomic mass is 10.0. The number of carbonyl (C=O) groups excluding carboxylic acids is 1. The lowest BCUT2D eigenvalue weighted by Gasteiger charge is -2.07. The Kier molecular flexibility index (Phi) is 4.49. The normalized spacial score (nSPS) is 13.5. The molecule has 0 aliphatic heterocycles. The summed E-state index contributed by atoms with van der Waals surface area (Å²) >= 11 is 1.68. The molecule has 5 aromatic heterocycles. The Morgan fingerprint density at radius 1 is 1.09 bits per heavy atom. The molecule has 9 heteroatoms. The number of aromatic amines is 2. The van der Waals surface area contributed by atoms with Gasteiger partial charge in [0.15, 0.2) is 11.5 Å². The van der Waals surface area contributed by atoms with Crippen molar-refractivity contribution in [1.82, 2.24) is 30.1 Å². The molecule has 6 aromatic rings. The number of hydrogen-bond donors (Lipinski definition) is 3. The third-order valence-electron chi connectivity index (χ3n) is 6.25. The molecule has 3 N–H and O–H groups in total. The first kappa shape index (κ1) is 20.0. The first-order chi connectivity index (χ1) is 17.2. The van der Waals surface area contributed by atoms with Gasteiger partial charge in [-0.3, -0.25) is 14.9 Å². The zero-order chi connectivity index (χ0) is 23.4. The SMILES string of the molecule is O=C(Nc1cncc(-c2ccc3[nH]nc(-c4nc5nccc(-c6cccs6)c5[nH]4)c3c2)c1)C1CC1. The second kappa shape index (κ2) is 7.85. The van der Waals surface area contributed by atoms with Gasteiger partial charge in [-0.15, -0.1) is 11.3 Å². The molecule has 0 spiro atoms. The number of fused-ring (bicyclic) bond motifs is 2. The number of thiophene rings is 1. The summed E-state index contributed by atoms with van der Waals surface area (Å²) < 4.78 is 0. The number of benzene rings is 1. The second-order valence-corrected chi connectivity index (χ2v) is 9.63. The molecule has 1 aliphatic rings. The fourth-order valence-electron chi connectivity index (χ4n) is 4.29. The van der Waals surface area contributed by atoms with E-state index in [9.17, 15) is 4.79 Å². The van der Waals surface area contributed by atoms with Crippen LogP contribution < -0.4 is 5.32 Å². The monoisotopic (exact) mass is 477 g/mol. The van der Waals surface area contributed by atoms with Crippen molar-refractivity contribution in [2.75, 3.05) is 5.32 Å². The molecule has 8 nitrogen and oxygen atoms in total. The predicted octanol–water partition coefficient (Wildman–Crippen LogP) is 5.64. The van der Waals surface area contributed by atoms with Crippen LogP contribution in [0.25, 0.3) is 55.2 Å². The summed E-state index contributed by atoms with van der Waals surface area (Å²) in [4.78, 5) is 30.3. The van der Waals surface area contributed by atoms with Gasteiger partial charge in [0, 0.05) is 39.7 Å². The highest BCUT2D eigenvalue weighted by molar-refractivity contribution is 7.13. The third-order valence-corrected chi connectivity index (χ3v) is 7.16. The van der Waals surface area contributed by atoms with E-state index in [1.807, 2.05) is 30.3 Å². The van der Waals surface area contributed by atoms with Crippen molar-refractivity contribution in [3.63, 3.8) is 0 Å². The van der Waals surface area contributed by atoms with Crippen LogP contribution in [-0.2, 0) is 4.79 Å². The fraction of sp³-hybridized carbons (Fsp3) is 0.115. The van der Waals surface area contributed by atoms with Crippen LogP contribution in [0.1, 0.15) is 12.8 Å². The van der Waals surface area contributed by atoms with Crippen LogP contribution in [0.15, 0.2) is 66.4 Å². The van der Waals surface area contributed by atoms with E-state index in [4.69, 9.17) is 4.98 Å². The highest BCUT2D eigenvalue weighted by Gasteiger charge is 2.29. The summed E-state index contributed by atoms with van der Waals surface area (Å²) in [6.45, 7) is 0. The quantitative estimate of drug-likeness (QED) is 0.297. The first-order valence-corrected chi connectivity index (χ1v) is 12.2. The summed E-state index contributed by atoms with van der Waals surface area (Å²) in [6, 6.07) is 14.2. The van der Waals surface area contributed by atoms with Crippen LogP contribution >= 0.6 is 11.3 Å². The number of aromatic nitrogens is 6. The molecule has 1 saturated carbocycles. The highest BCUT2D eigenvalue weighted by atomic mass is 32.1. The van der Waals surface area contributed by atoms with Crippen LogP contribution in [0.5, 0.6) is 0 Å². The van der Waals surface area contributed by atoms with Gasteiger partial charge in [-0.05, 0) is 54.1 Å². The van der Waals surface area contributed by atoms with Gasteiger partial charge in [-0.2, -0.15) is 5.10 Å². The fourth-order valence-corrected chi connectivity index (χ4v) is 5.05. The first-order valence-electron chi connectivity index (χ1n) is 11.4. The molecule has 1 fully saturated rings. The topological polar surface area (TPSA) is 112 Å². The van der Waals surface area contributed by atoms with Crippen LogP contribution in [0.2, 0.25) is 0 Å². The maximum atomic E-state index is 12.2. The minimum atomic E-state index is 0.0666. The van der Waals surface area contributed by atoms with Crippen LogP contribution in [-0.4, -0.2) is 36.0 Å². The minimum absolute atomic E-state index is 0.0666. The Morgan fingerprint density at radius 2 is 2.03 bits per heavy atom. The van der Waals surface area contributed by atoms with E-state index in [1.54, 1.807) is 29.9 Å². The smallest absolute Gasteiger partial charge is 0.227 e. The average Bonchev–Trinajstić information content (AvgIpc) is 3.26. The van der Waals surface area contributed by atoms with Crippen LogP contribution in [0, 0.1) is 5.92 Å². The molecular formula is C26H19N7OS. The summed E-state index contributed by atoms with van der Waals surface area (Å²) in [6.07, 6.45) is 7.19. The van der Waals surface area contributed by atoms with E-state index < -0.39 is 0 Å². The third kappa shape index (κ3) is 3.57. The van der Waals surface area contributed by atoms with Gasteiger partial charge < -0.3 is 10.3 Å². The van der Waals surface area contributed by atoms with Crippen LogP contribution in [0.3, 0.4) is 0 Å². The summed E-state index contributed by atoms with van der Waals surface area (Å²) in [5.74, 6) is 0.863. The van der Waals surface area contributed by atoms with Gasteiger partial charge in [0.25, 0.3) is 0 Å². The zero-order valence-corrected chi connectivity index (χ0v) is 19.3. The van der Waals surface area contributed by atoms with Crippen molar-refractivity contribution in [1.29, 1.82) is 0 Å². The molecular weight excluding hydrogens is 458 g/mol. The van der Waals surface area contributed by atoms with Crippen LogP contribution in [0.4, 0.5) is 5.69 Å². The van der Waals surface area contributed by atoms with Gasteiger partial charge in [0.2, 0.25) is 5.91 Å². The number of carbonyl (C=O) groups is 1. The van der Waals surface area contributed by atoms with E-state index in [0.29, 0.717) is 17.2 Å². The maximum Gasteiger partial charge on any atom is 0.227 e. The lowest BCUT2D eigenvalue weighted by Crippen LogP contribution is -2.13. The summed E-state index contributed by atoms with van der Waals surface area (Å²) in [7, 11) is 0.